The van der Waals surface area contributed by atoms with Crippen molar-refractivity contribution in [2.75, 3.05) is 13.1 Å². The van der Waals surface area contributed by atoms with E-state index in [1.807, 2.05) is 4.90 Å². The van der Waals surface area contributed by atoms with Crippen molar-refractivity contribution in [2.24, 2.45) is 5.73 Å². The number of benzene rings is 1. The molecule has 5 heteroatoms. The van der Waals surface area contributed by atoms with Crippen LogP contribution in [0.2, 0.25) is 0 Å². The smallest absolute Gasteiger partial charge is 0.255 e. The Kier molecular flexibility index (Phi) is 4.93. The van der Waals surface area contributed by atoms with E-state index in [1.165, 1.54) is 18.2 Å². The molecule has 0 saturated carbocycles. The number of nitrogens with zero attached hydrogens (tertiary/aromatic N) is 1. The molecule has 1 heterocycles. The van der Waals surface area contributed by atoms with Crippen LogP contribution in [-0.4, -0.2) is 29.9 Å². The van der Waals surface area contributed by atoms with E-state index in [4.69, 9.17) is 5.73 Å². The second-order valence-electron chi connectivity index (χ2n) is 4.85. The summed E-state index contributed by atoms with van der Waals surface area (Å²) in [7, 11) is 0. The maximum atomic E-state index is 13.1. The van der Waals surface area contributed by atoms with E-state index in [1.54, 1.807) is 0 Å². The zero-order valence-electron chi connectivity index (χ0n) is 10.7. The Bertz CT molecular complexity index is 465. The maximum Gasteiger partial charge on any atom is 0.255 e. The van der Waals surface area contributed by atoms with Crippen LogP contribution in [0.5, 0.6) is 0 Å². The number of hydrogen-bond acceptors (Lipinski definition) is 2. The predicted molar refractivity (Wildman–Crippen MR) is 76.4 cm³/mol. The Morgan fingerprint density at radius 1 is 1.47 bits per heavy atom. The van der Waals surface area contributed by atoms with Gasteiger partial charge in [-0.05, 0) is 66.4 Å². The van der Waals surface area contributed by atoms with Gasteiger partial charge in [0, 0.05) is 17.1 Å². The molecule has 0 aliphatic carbocycles. The van der Waals surface area contributed by atoms with E-state index in [-0.39, 0.29) is 17.8 Å². The highest BCUT2D eigenvalue weighted by molar-refractivity contribution is 9.10. The molecule has 1 amide bonds. The molecule has 1 aromatic carbocycles. The largest absolute Gasteiger partial charge is 0.336 e. The van der Waals surface area contributed by atoms with Gasteiger partial charge < -0.3 is 10.6 Å². The minimum Gasteiger partial charge on any atom is -0.336 e. The molecule has 0 unspecified atom stereocenters. The fourth-order valence-electron chi connectivity index (χ4n) is 2.58. The normalized spacial score (nSPS) is 19.5. The molecule has 1 aliphatic rings. The van der Waals surface area contributed by atoms with Crippen LogP contribution in [0.1, 0.15) is 36.0 Å². The molecule has 0 bridgehead atoms. The third-order valence-electron chi connectivity index (χ3n) is 3.55. The Balaban J connectivity index is 2.21. The van der Waals surface area contributed by atoms with Crippen molar-refractivity contribution in [2.45, 2.75) is 31.7 Å². The number of halogens is 2. The maximum absolute atomic E-state index is 13.1. The number of likely N-dealkylation sites (tertiary alicyclic amines) is 1. The summed E-state index contributed by atoms with van der Waals surface area (Å²) in [4.78, 5) is 14.4. The fourth-order valence-corrected chi connectivity index (χ4v) is 3.10. The summed E-state index contributed by atoms with van der Waals surface area (Å²) in [6.07, 6.45) is 3.98. The Morgan fingerprint density at radius 3 is 2.95 bits per heavy atom. The number of carbonyl (C=O) groups excluding carboxylic acids is 1. The van der Waals surface area contributed by atoms with Crippen molar-refractivity contribution >= 4 is 21.8 Å². The zero-order chi connectivity index (χ0) is 13.8. The second-order valence-corrected chi connectivity index (χ2v) is 5.70. The lowest BCUT2D eigenvalue weighted by atomic mass is 9.98. The molecule has 0 aromatic heterocycles. The van der Waals surface area contributed by atoms with Gasteiger partial charge in [-0.2, -0.15) is 0 Å². The average Bonchev–Trinajstić information content (AvgIpc) is 2.39. The number of piperidine rings is 1. The van der Waals surface area contributed by atoms with Gasteiger partial charge in [0.1, 0.15) is 5.82 Å². The van der Waals surface area contributed by atoms with Crippen LogP contribution in [0.4, 0.5) is 4.39 Å². The van der Waals surface area contributed by atoms with Crippen molar-refractivity contribution in [1.82, 2.24) is 4.90 Å². The summed E-state index contributed by atoms with van der Waals surface area (Å²) < 4.78 is 13.6. The van der Waals surface area contributed by atoms with E-state index in [0.717, 1.165) is 32.2 Å². The summed E-state index contributed by atoms with van der Waals surface area (Å²) in [5, 5.41) is 0. The van der Waals surface area contributed by atoms with Crippen LogP contribution in [-0.2, 0) is 0 Å². The molecule has 3 nitrogen and oxygen atoms in total. The monoisotopic (exact) mass is 328 g/mol. The minimum absolute atomic E-state index is 0.0370. The zero-order valence-corrected chi connectivity index (χ0v) is 12.3. The lowest BCUT2D eigenvalue weighted by Crippen LogP contribution is -2.44. The molecule has 1 saturated heterocycles. The first-order valence-electron chi connectivity index (χ1n) is 6.59. The molecule has 2 N–H and O–H groups in total. The van der Waals surface area contributed by atoms with Crippen LogP contribution >= 0.6 is 15.9 Å². The van der Waals surface area contributed by atoms with Gasteiger partial charge in [0.25, 0.3) is 5.91 Å². The Hall–Kier alpha value is -0.940. The fraction of sp³-hybridized carbons (Fsp3) is 0.500. The predicted octanol–water partition coefficient (Wildman–Crippen LogP) is 2.93. The lowest BCUT2D eigenvalue weighted by Gasteiger charge is -2.36. The highest BCUT2D eigenvalue weighted by atomic mass is 79.9. The molecule has 1 fully saturated rings. The quantitative estimate of drug-likeness (QED) is 0.927. The minimum atomic E-state index is -0.347. The number of hydrogen-bond donors (Lipinski definition) is 1. The summed E-state index contributed by atoms with van der Waals surface area (Å²) >= 11 is 3.26. The van der Waals surface area contributed by atoms with Gasteiger partial charge in [0.15, 0.2) is 0 Å². The summed E-state index contributed by atoms with van der Waals surface area (Å²) in [6.45, 7) is 1.34. The number of nitrogens with two attached hydrogens (primary N) is 1. The van der Waals surface area contributed by atoms with Crippen molar-refractivity contribution in [3.8, 4) is 0 Å². The van der Waals surface area contributed by atoms with Gasteiger partial charge in [-0.1, -0.05) is 0 Å². The van der Waals surface area contributed by atoms with Crippen molar-refractivity contribution in [1.29, 1.82) is 0 Å². The van der Waals surface area contributed by atoms with E-state index in [9.17, 15) is 9.18 Å². The van der Waals surface area contributed by atoms with E-state index < -0.39 is 0 Å². The van der Waals surface area contributed by atoms with Crippen LogP contribution in [0.3, 0.4) is 0 Å². The van der Waals surface area contributed by atoms with E-state index in [2.05, 4.69) is 15.9 Å². The van der Waals surface area contributed by atoms with Crippen LogP contribution in [0.15, 0.2) is 22.7 Å². The van der Waals surface area contributed by atoms with Gasteiger partial charge in [0.2, 0.25) is 0 Å². The summed E-state index contributed by atoms with van der Waals surface area (Å²) in [5.41, 5.74) is 6.13. The number of carbonyl (C=O) groups is 1. The van der Waals surface area contributed by atoms with Crippen molar-refractivity contribution in [3.63, 3.8) is 0 Å². The van der Waals surface area contributed by atoms with Crippen LogP contribution in [0, 0.1) is 5.82 Å². The molecule has 0 spiro atoms. The SMILES string of the molecule is NCC[C@H]1CCCCN1C(=O)c1ccc(F)cc1Br. The lowest BCUT2D eigenvalue weighted by molar-refractivity contribution is 0.0604. The first-order chi connectivity index (χ1) is 9.13. The average molecular weight is 329 g/mol. The molecule has 1 aromatic rings. The number of rotatable bonds is 3. The van der Waals surface area contributed by atoms with E-state index in [0.29, 0.717) is 16.6 Å². The van der Waals surface area contributed by atoms with Gasteiger partial charge >= 0.3 is 0 Å². The van der Waals surface area contributed by atoms with Crippen molar-refractivity contribution < 1.29 is 9.18 Å². The molecule has 2 rings (SSSR count). The first-order valence-corrected chi connectivity index (χ1v) is 7.39. The molecule has 19 heavy (non-hydrogen) atoms. The third kappa shape index (κ3) is 3.34. The molecular formula is C14H18BrFN2O. The topological polar surface area (TPSA) is 46.3 Å². The van der Waals surface area contributed by atoms with Gasteiger partial charge in [-0.3, -0.25) is 4.79 Å². The third-order valence-corrected chi connectivity index (χ3v) is 4.21. The summed E-state index contributed by atoms with van der Waals surface area (Å²) in [6, 6.07) is 4.40. The van der Waals surface area contributed by atoms with Crippen LogP contribution < -0.4 is 5.73 Å². The van der Waals surface area contributed by atoms with Crippen LogP contribution in [0.25, 0.3) is 0 Å². The van der Waals surface area contributed by atoms with Gasteiger partial charge in [-0.25, -0.2) is 4.39 Å². The standard InChI is InChI=1S/C14H18BrFN2O/c15-13-9-10(16)4-5-12(13)14(19)18-8-2-1-3-11(18)6-7-17/h4-5,9,11H,1-3,6-8,17H2/t11-/m1/s1. The summed E-state index contributed by atoms with van der Waals surface area (Å²) in [5.74, 6) is -0.384. The van der Waals surface area contributed by atoms with Gasteiger partial charge in [0.05, 0.1) is 5.56 Å². The molecule has 1 atom stereocenters. The van der Waals surface area contributed by atoms with Crippen molar-refractivity contribution in [3.05, 3.63) is 34.1 Å². The molecule has 0 radical (unpaired) electrons. The first kappa shape index (κ1) is 14.5. The highest BCUT2D eigenvalue weighted by Crippen LogP contribution is 2.25. The molecular weight excluding hydrogens is 311 g/mol. The molecule has 104 valence electrons. The Morgan fingerprint density at radius 2 is 2.26 bits per heavy atom. The van der Waals surface area contributed by atoms with Gasteiger partial charge in [-0.15, -0.1) is 0 Å². The Labute approximate surface area is 121 Å². The molecule has 1 aliphatic heterocycles. The number of amides is 1. The van der Waals surface area contributed by atoms with E-state index >= 15 is 0 Å². The second kappa shape index (κ2) is 6.48. The highest BCUT2D eigenvalue weighted by Gasteiger charge is 2.27.